The normalized spacial score (nSPS) is 15.6. The number of amides is 1. The predicted molar refractivity (Wildman–Crippen MR) is 116 cm³/mol. The number of non-ortho nitro benzene ring substituents is 1. The van der Waals surface area contributed by atoms with Crippen molar-refractivity contribution < 1.29 is 9.72 Å². The molecule has 0 aromatic heterocycles. The number of thioether (sulfide) groups is 1. The van der Waals surface area contributed by atoms with Gasteiger partial charge in [-0.15, -0.1) is 11.8 Å². The van der Waals surface area contributed by atoms with Crippen LogP contribution >= 0.6 is 11.8 Å². The molecule has 0 unspecified atom stereocenters. The summed E-state index contributed by atoms with van der Waals surface area (Å²) in [5, 5.41) is 13.5. The first kappa shape index (κ1) is 21.3. The van der Waals surface area contributed by atoms with Crippen LogP contribution in [0.3, 0.4) is 0 Å². The molecule has 1 fully saturated rings. The molecule has 0 aliphatic carbocycles. The Bertz CT molecular complexity index is 835. The van der Waals surface area contributed by atoms with E-state index in [0.717, 1.165) is 30.1 Å². The number of hydrogen-bond acceptors (Lipinski definition) is 5. The molecule has 2 aromatic rings. The van der Waals surface area contributed by atoms with Gasteiger partial charge in [0.1, 0.15) is 0 Å². The summed E-state index contributed by atoms with van der Waals surface area (Å²) in [6, 6.07) is 14.6. The van der Waals surface area contributed by atoms with E-state index in [4.69, 9.17) is 0 Å². The second kappa shape index (κ2) is 10.4. The van der Waals surface area contributed by atoms with Crippen LogP contribution in [0.25, 0.3) is 0 Å². The lowest BCUT2D eigenvalue weighted by atomic mass is 10.0. The van der Waals surface area contributed by atoms with Crippen molar-refractivity contribution >= 4 is 23.4 Å². The first-order chi connectivity index (χ1) is 14.0. The van der Waals surface area contributed by atoms with Gasteiger partial charge in [-0.25, -0.2) is 0 Å². The van der Waals surface area contributed by atoms with Gasteiger partial charge in [0.25, 0.3) is 5.69 Å². The standard InChI is InChI=1S/C22H27N3O3S/c1-17(29-21-11-9-20(10-12-21)25(27)28)22(26)23-15-18-7-3-4-8-19(18)16-24-13-5-2-6-14-24/h3-4,7-12,17H,2,5-6,13-16H2,1H3,(H,23,26)/t17-/m0/s1. The number of carbonyl (C=O) groups excluding carboxylic acids is 1. The van der Waals surface area contributed by atoms with Crippen molar-refractivity contribution in [2.75, 3.05) is 13.1 Å². The molecular formula is C22H27N3O3S. The Kier molecular flexibility index (Phi) is 7.66. The molecule has 1 aliphatic rings. The Morgan fingerprint density at radius 3 is 2.41 bits per heavy atom. The molecule has 6 nitrogen and oxygen atoms in total. The lowest BCUT2D eigenvalue weighted by Crippen LogP contribution is -2.32. The average molecular weight is 414 g/mol. The number of likely N-dealkylation sites (tertiary alicyclic amines) is 1. The number of carbonyl (C=O) groups is 1. The van der Waals surface area contributed by atoms with E-state index in [0.29, 0.717) is 6.54 Å². The van der Waals surface area contributed by atoms with Crippen molar-refractivity contribution in [2.24, 2.45) is 0 Å². The maximum absolute atomic E-state index is 12.5. The summed E-state index contributed by atoms with van der Waals surface area (Å²) >= 11 is 1.40. The fourth-order valence-electron chi connectivity index (χ4n) is 3.47. The fourth-order valence-corrected chi connectivity index (χ4v) is 4.36. The van der Waals surface area contributed by atoms with Crippen molar-refractivity contribution in [2.45, 2.75) is 49.4 Å². The number of piperidine rings is 1. The largest absolute Gasteiger partial charge is 0.351 e. The summed E-state index contributed by atoms with van der Waals surface area (Å²) in [7, 11) is 0. The number of nitrogens with zero attached hydrogens (tertiary/aromatic N) is 2. The van der Waals surface area contributed by atoms with E-state index in [-0.39, 0.29) is 16.8 Å². The van der Waals surface area contributed by atoms with Crippen LogP contribution in [-0.2, 0) is 17.9 Å². The molecule has 154 valence electrons. The first-order valence-electron chi connectivity index (χ1n) is 10.0. The molecule has 1 atom stereocenters. The van der Waals surface area contributed by atoms with Crippen molar-refractivity contribution in [1.29, 1.82) is 0 Å². The van der Waals surface area contributed by atoms with E-state index in [2.05, 4.69) is 28.4 Å². The number of nitro groups is 1. The van der Waals surface area contributed by atoms with Crippen LogP contribution in [0.5, 0.6) is 0 Å². The van der Waals surface area contributed by atoms with Gasteiger partial charge in [-0.3, -0.25) is 19.8 Å². The number of benzene rings is 2. The Hall–Kier alpha value is -2.38. The SMILES string of the molecule is C[C@H](Sc1ccc([N+](=O)[O-])cc1)C(=O)NCc1ccccc1CN1CCCCC1. The monoisotopic (exact) mass is 413 g/mol. The molecule has 0 spiro atoms. The Balaban J connectivity index is 1.53. The molecule has 0 bridgehead atoms. The highest BCUT2D eigenvalue weighted by molar-refractivity contribution is 8.00. The third-order valence-corrected chi connectivity index (χ3v) is 6.26. The first-order valence-corrected chi connectivity index (χ1v) is 10.9. The van der Waals surface area contributed by atoms with Gasteiger partial charge in [-0.05, 0) is 56.1 Å². The summed E-state index contributed by atoms with van der Waals surface area (Å²) in [6.07, 6.45) is 3.84. The summed E-state index contributed by atoms with van der Waals surface area (Å²) < 4.78 is 0. The van der Waals surface area contributed by atoms with Crippen LogP contribution in [0.15, 0.2) is 53.4 Å². The third kappa shape index (κ3) is 6.30. The molecule has 2 aromatic carbocycles. The Labute approximate surface area is 175 Å². The minimum Gasteiger partial charge on any atom is -0.351 e. The van der Waals surface area contributed by atoms with E-state index < -0.39 is 4.92 Å². The highest BCUT2D eigenvalue weighted by Gasteiger charge is 2.16. The van der Waals surface area contributed by atoms with E-state index >= 15 is 0 Å². The van der Waals surface area contributed by atoms with Crippen molar-refractivity contribution in [3.63, 3.8) is 0 Å². The summed E-state index contributed by atoms with van der Waals surface area (Å²) in [6.45, 7) is 5.57. The zero-order valence-corrected chi connectivity index (χ0v) is 17.5. The van der Waals surface area contributed by atoms with E-state index in [1.54, 1.807) is 12.1 Å². The maximum atomic E-state index is 12.5. The van der Waals surface area contributed by atoms with Crippen LogP contribution in [0.2, 0.25) is 0 Å². The molecule has 1 saturated heterocycles. The molecular weight excluding hydrogens is 386 g/mol. The summed E-state index contributed by atoms with van der Waals surface area (Å²) in [4.78, 5) is 26.2. The minimum atomic E-state index is -0.425. The third-order valence-electron chi connectivity index (χ3n) is 5.14. The number of nitro benzene ring substituents is 1. The average Bonchev–Trinajstić information content (AvgIpc) is 2.74. The van der Waals surface area contributed by atoms with Crippen LogP contribution in [0.1, 0.15) is 37.3 Å². The lowest BCUT2D eigenvalue weighted by Gasteiger charge is -2.27. The Morgan fingerprint density at radius 1 is 1.10 bits per heavy atom. The molecule has 1 N–H and O–H groups in total. The number of nitrogens with one attached hydrogen (secondary N) is 1. The van der Waals surface area contributed by atoms with Gasteiger partial charge >= 0.3 is 0 Å². The zero-order chi connectivity index (χ0) is 20.6. The summed E-state index contributed by atoms with van der Waals surface area (Å²) in [5.74, 6) is -0.0406. The van der Waals surface area contributed by atoms with Crippen molar-refractivity contribution in [1.82, 2.24) is 10.2 Å². The van der Waals surface area contributed by atoms with Gasteiger partial charge in [0.15, 0.2) is 0 Å². The van der Waals surface area contributed by atoms with E-state index in [1.165, 1.54) is 48.7 Å². The molecule has 0 saturated carbocycles. The zero-order valence-electron chi connectivity index (χ0n) is 16.7. The molecule has 1 heterocycles. The van der Waals surface area contributed by atoms with Crippen molar-refractivity contribution in [3.05, 3.63) is 69.8 Å². The smallest absolute Gasteiger partial charge is 0.269 e. The van der Waals surface area contributed by atoms with E-state index in [1.807, 2.05) is 13.0 Å². The van der Waals surface area contributed by atoms with Crippen LogP contribution in [-0.4, -0.2) is 34.1 Å². The maximum Gasteiger partial charge on any atom is 0.269 e. The summed E-state index contributed by atoms with van der Waals surface area (Å²) in [5.41, 5.74) is 2.47. The van der Waals surface area contributed by atoms with Gasteiger partial charge in [-0.1, -0.05) is 30.7 Å². The topological polar surface area (TPSA) is 75.5 Å². The van der Waals surface area contributed by atoms with Gasteiger partial charge in [-0.2, -0.15) is 0 Å². The molecule has 1 aliphatic heterocycles. The quantitative estimate of drug-likeness (QED) is 0.395. The highest BCUT2D eigenvalue weighted by atomic mass is 32.2. The molecule has 3 rings (SSSR count). The van der Waals surface area contributed by atoms with Crippen LogP contribution in [0.4, 0.5) is 5.69 Å². The van der Waals surface area contributed by atoms with Crippen LogP contribution < -0.4 is 5.32 Å². The second-order valence-corrected chi connectivity index (χ2v) is 8.75. The fraction of sp³-hybridized carbons (Fsp3) is 0.409. The molecule has 29 heavy (non-hydrogen) atoms. The van der Waals surface area contributed by atoms with Crippen LogP contribution in [0, 0.1) is 10.1 Å². The van der Waals surface area contributed by atoms with Crippen molar-refractivity contribution in [3.8, 4) is 0 Å². The molecule has 1 amide bonds. The van der Waals surface area contributed by atoms with Gasteiger partial charge < -0.3 is 5.32 Å². The van der Waals surface area contributed by atoms with E-state index in [9.17, 15) is 14.9 Å². The van der Waals surface area contributed by atoms with Gasteiger partial charge in [0.05, 0.1) is 10.2 Å². The number of hydrogen-bond donors (Lipinski definition) is 1. The lowest BCUT2D eigenvalue weighted by molar-refractivity contribution is -0.384. The Morgan fingerprint density at radius 2 is 1.76 bits per heavy atom. The highest BCUT2D eigenvalue weighted by Crippen LogP contribution is 2.25. The molecule has 0 radical (unpaired) electrons. The predicted octanol–water partition coefficient (Wildman–Crippen LogP) is 4.38. The number of rotatable bonds is 8. The minimum absolute atomic E-state index is 0.0406. The molecule has 7 heteroatoms. The van der Waals surface area contributed by atoms with Gasteiger partial charge in [0, 0.05) is 30.1 Å². The second-order valence-electron chi connectivity index (χ2n) is 7.33. The van der Waals surface area contributed by atoms with Gasteiger partial charge in [0.2, 0.25) is 5.91 Å².